The monoisotopic (exact) mass is 496 g/mol. The molecule has 0 saturated heterocycles. The molecular formula is C25H33F2NO3PS+. The second-order valence-corrected chi connectivity index (χ2v) is 10.5. The first kappa shape index (κ1) is 26.2. The molecule has 1 aliphatic rings. The van der Waals surface area contributed by atoms with E-state index in [2.05, 4.69) is 40.2 Å². The molecule has 1 saturated carbocycles. The summed E-state index contributed by atoms with van der Waals surface area (Å²) >= 11 is 1.38. The van der Waals surface area contributed by atoms with Gasteiger partial charge in [-0.2, -0.15) is 0 Å². The maximum Gasteiger partial charge on any atom is 0.694 e. The van der Waals surface area contributed by atoms with E-state index in [9.17, 15) is 13.3 Å². The van der Waals surface area contributed by atoms with Gasteiger partial charge >= 0.3 is 8.25 Å². The number of nitrogens with one attached hydrogen (secondary N) is 1. The van der Waals surface area contributed by atoms with Gasteiger partial charge in [0.1, 0.15) is 18.2 Å². The highest BCUT2D eigenvalue weighted by Gasteiger charge is 2.34. The predicted molar refractivity (Wildman–Crippen MR) is 130 cm³/mol. The average Bonchev–Trinajstić information content (AvgIpc) is 3.29. The lowest BCUT2D eigenvalue weighted by Gasteiger charge is -2.30. The summed E-state index contributed by atoms with van der Waals surface area (Å²) in [6, 6.07) is 13.4. The molecule has 1 aliphatic carbocycles. The van der Waals surface area contributed by atoms with Crippen LogP contribution in [0.1, 0.15) is 62.5 Å². The van der Waals surface area contributed by atoms with Gasteiger partial charge < -0.3 is 5.32 Å². The maximum absolute atomic E-state index is 14.5. The molecule has 2 N–H and O–H groups in total. The molecule has 1 unspecified atom stereocenters. The molecule has 180 valence electrons. The Morgan fingerprint density at radius 2 is 1.82 bits per heavy atom. The zero-order valence-electron chi connectivity index (χ0n) is 18.9. The summed E-state index contributed by atoms with van der Waals surface area (Å²) in [6.45, 7) is 0.809. The molecule has 1 fully saturated rings. The van der Waals surface area contributed by atoms with E-state index in [4.69, 9.17) is 4.89 Å². The van der Waals surface area contributed by atoms with Crippen molar-refractivity contribution in [2.75, 3.05) is 18.9 Å². The van der Waals surface area contributed by atoms with Crippen molar-refractivity contribution in [1.29, 1.82) is 0 Å². The van der Waals surface area contributed by atoms with Crippen molar-refractivity contribution in [2.45, 2.75) is 68.2 Å². The molecule has 0 bridgehead atoms. The number of hydrogen-bond acceptors (Lipinski definition) is 4. The lowest BCUT2D eigenvalue weighted by Crippen LogP contribution is -2.21. The first-order chi connectivity index (χ1) is 16.0. The zero-order valence-corrected chi connectivity index (χ0v) is 20.6. The summed E-state index contributed by atoms with van der Waals surface area (Å²) in [5, 5.41) is 3.00. The van der Waals surface area contributed by atoms with E-state index in [0.717, 1.165) is 25.0 Å². The van der Waals surface area contributed by atoms with Gasteiger partial charge in [-0.05, 0) is 67.5 Å². The van der Waals surface area contributed by atoms with Crippen LogP contribution < -0.4 is 5.32 Å². The van der Waals surface area contributed by atoms with E-state index < -0.39 is 19.9 Å². The van der Waals surface area contributed by atoms with Crippen LogP contribution >= 0.6 is 20.0 Å². The summed E-state index contributed by atoms with van der Waals surface area (Å²) in [7, 11) is -2.59. The quantitative estimate of drug-likeness (QED) is 0.170. The van der Waals surface area contributed by atoms with Crippen molar-refractivity contribution in [1.82, 2.24) is 5.32 Å². The molecule has 0 spiro atoms. The van der Waals surface area contributed by atoms with Crippen LogP contribution in [0, 0.1) is 11.6 Å². The third kappa shape index (κ3) is 8.11. The fraction of sp³-hybridized carbons (Fsp3) is 0.520. The van der Waals surface area contributed by atoms with Crippen LogP contribution in [0.25, 0.3) is 0 Å². The Bertz CT molecular complexity index is 895. The van der Waals surface area contributed by atoms with Gasteiger partial charge in [-0.1, -0.05) is 49.6 Å². The molecular weight excluding hydrogens is 463 g/mol. The highest BCUT2D eigenvalue weighted by atomic mass is 32.2. The molecule has 2 aromatic carbocycles. The topological polar surface area (TPSA) is 58.6 Å². The second kappa shape index (κ2) is 13.5. The highest BCUT2D eigenvalue weighted by Crippen LogP contribution is 2.45. The standard InChI is InChI=1S/C25H32F2NO3PS/c26-22-18-24(23(27)17-20(22)19-28-14-8-15-31-32(29)30)33-16-7-6-13-25(11-4-5-12-25)21-9-2-1-3-10-21/h1-3,9-10,17-18,28H,4-8,11-16,19H2/p+1. The average molecular weight is 497 g/mol. The smallest absolute Gasteiger partial charge is 0.312 e. The molecule has 4 nitrogen and oxygen atoms in total. The van der Waals surface area contributed by atoms with Gasteiger partial charge in [0, 0.05) is 21.6 Å². The Morgan fingerprint density at radius 1 is 1.06 bits per heavy atom. The summed E-state index contributed by atoms with van der Waals surface area (Å²) in [5.41, 5.74) is 2.01. The summed E-state index contributed by atoms with van der Waals surface area (Å²) < 4.78 is 43.9. The molecule has 0 radical (unpaired) electrons. The molecule has 0 aliphatic heterocycles. The minimum atomic E-state index is -2.59. The van der Waals surface area contributed by atoms with E-state index in [1.807, 2.05) is 0 Å². The molecule has 0 heterocycles. The van der Waals surface area contributed by atoms with Crippen molar-refractivity contribution in [3.05, 3.63) is 65.2 Å². The van der Waals surface area contributed by atoms with Crippen LogP contribution in [-0.2, 0) is 21.0 Å². The number of unbranched alkanes of at least 4 members (excludes halogenated alkanes) is 1. The fourth-order valence-corrected chi connectivity index (χ4v) is 5.89. The maximum atomic E-state index is 14.5. The van der Waals surface area contributed by atoms with Crippen molar-refractivity contribution in [3.63, 3.8) is 0 Å². The van der Waals surface area contributed by atoms with Crippen molar-refractivity contribution >= 4 is 20.0 Å². The van der Waals surface area contributed by atoms with Gasteiger partial charge in [-0.25, -0.2) is 8.78 Å². The number of benzene rings is 2. The number of hydrogen-bond donors (Lipinski definition) is 2. The molecule has 2 aromatic rings. The predicted octanol–water partition coefficient (Wildman–Crippen LogP) is 6.89. The number of thioether (sulfide) groups is 1. The Labute approximate surface area is 200 Å². The highest BCUT2D eigenvalue weighted by molar-refractivity contribution is 7.99. The van der Waals surface area contributed by atoms with Gasteiger partial charge in [0.15, 0.2) is 0 Å². The zero-order chi connectivity index (χ0) is 23.5. The van der Waals surface area contributed by atoms with Gasteiger partial charge in [-0.15, -0.1) is 21.2 Å². The first-order valence-electron chi connectivity index (χ1n) is 11.7. The summed E-state index contributed by atoms with van der Waals surface area (Å²) in [4.78, 5) is 8.91. The minimum absolute atomic E-state index is 0.137. The van der Waals surface area contributed by atoms with Gasteiger partial charge in [0.25, 0.3) is 0 Å². The van der Waals surface area contributed by atoms with Gasteiger partial charge in [0.2, 0.25) is 0 Å². The normalized spacial score (nSPS) is 15.7. The number of halogens is 2. The van der Waals surface area contributed by atoms with E-state index in [-0.39, 0.29) is 18.7 Å². The van der Waals surface area contributed by atoms with Crippen LogP contribution in [0.2, 0.25) is 0 Å². The van der Waals surface area contributed by atoms with E-state index >= 15 is 0 Å². The Hall–Kier alpha value is -1.37. The van der Waals surface area contributed by atoms with Gasteiger partial charge in [0.05, 0.1) is 0 Å². The van der Waals surface area contributed by atoms with Crippen molar-refractivity contribution in [3.8, 4) is 0 Å². The molecule has 3 rings (SSSR count). The fourth-order valence-electron chi connectivity index (χ4n) is 4.65. The van der Waals surface area contributed by atoms with Gasteiger partial charge in [-0.3, -0.25) is 0 Å². The number of rotatable bonds is 14. The third-order valence-electron chi connectivity index (χ3n) is 6.37. The van der Waals surface area contributed by atoms with E-state index in [0.29, 0.717) is 23.3 Å². The lowest BCUT2D eigenvalue weighted by molar-refractivity contribution is 0.276. The summed E-state index contributed by atoms with van der Waals surface area (Å²) in [5.74, 6) is -0.0446. The molecule has 0 amide bonds. The Kier molecular flexibility index (Phi) is 10.7. The summed E-state index contributed by atoms with van der Waals surface area (Å²) in [6.07, 6.45) is 8.78. The van der Waals surface area contributed by atoms with Crippen molar-refractivity contribution < 1.29 is 22.8 Å². The SMILES string of the molecule is O=[P+](O)OCCCNCc1cc(F)c(SCCCCC2(c3ccccc3)CCCC2)cc1F. The van der Waals surface area contributed by atoms with Crippen LogP contribution in [-0.4, -0.2) is 23.8 Å². The molecule has 33 heavy (non-hydrogen) atoms. The Morgan fingerprint density at radius 3 is 2.55 bits per heavy atom. The third-order valence-corrected chi connectivity index (χ3v) is 7.89. The first-order valence-corrected chi connectivity index (χ1v) is 13.8. The largest absolute Gasteiger partial charge is 0.694 e. The van der Waals surface area contributed by atoms with Crippen LogP contribution in [0.4, 0.5) is 8.78 Å². The van der Waals surface area contributed by atoms with Crippen LogP contribution in [0.15, 0.2) is 47.4 Å². The second-order valence-electron chi connectivity index (χ2n) is 8.63. The van der Waals surface area contributed by atoms with Crippen LogP contribution in [0.3, 0.4) is 0 Å². The minimum Gasteiger partial charge on any atom is -0.312 e. The lowest BCUT2D eigenvalue weighted by atomic mass is 9.75. The van der Waals surface area contributed by atoms with Crippen molar-refractivity contribution in [2.24, 2.45) is 0 Å². The van der Waals surface area contributed by atoms with E-state index in [1.165, 1.54) is 55.1 Å². The van der Waals surface area contributed by atoms with Crippen LogP contribution in [0.5, 0.6) is 0 Å². The Balaban J connectivity index is 1.41. The molecule has 1 atom stereocenters. The van der Waals surface area contributed by atoms with E-state index in [1.54, 1.807) is 0 Å². The molecule has 0 aromatic heterocycles. The molecule has 8 heteroatoms.